The molecule has 0 aliphatic rings. The Morgan fingerprint density at radius 1 is 0.593 bits per heavy atom. The second-order valence-electron chi connectivity index (χ2n) is 7.98. The van der Waals surface area contributed by atoms with Gasteiger partial charge in [0.15, 0.2) is 11.4 Å². The van der Waals surface area contributed by atoms with E-state index in [9.17, 15) is 0 Å². The van der Waals surface area contributed by atoms with Crippen LogP contribution in [0.25, 0.3) is 10.6 Å². The normalized spacial score (nSPS) is 13.6. The number of nitrogens with zero attached hydrogens (tertiary/aromatic N) is 2. The molecular weight excluding hydrogens is 360 g/mol. The smallest absolute Gasteiger partial charge is 0.686 e. The van der Waals surface area contributed by atoms with Crippen molar-refractivity contribution in [3.63, 3.8) is 0 Å². The molecule has 2 N–H and O–H groups in total. The van der Waals surface area contributed by atoms with E-state index in [0.29, 0.717) is 24.2 Å². The molecule has 0 radical (unpaired) electrons. The van der Waals surface area contributed by atoms with Crippen LogP contribution in [0.15, 0.2) is 23.5 Å². The number of hydrogen-bond acceptors (Lipinski definition) is 0. The van der Waals surface area contributed by atoms with Gasteiger partial charge in [0.2, 0.25) is 0 Å². The van der Waals surface area contributed by atoms with Crippen molar-refractivity contribution < 1.29 is 9.98 Å². The average molecular weight is 405 g/mol. The zero-order valence-corrected chi connectivity index (χ0v) is 22.3. The molecule has 0 bridgehead atoms. The average Bonchev–Trinajstić information content (AvgIpc) is 2.33. The quantitative estimate of drug-likeness (QED) is 0.462. The Kier molecular flexibility index (Phi) is 20.6. The second-order valence-corrected chi connectivity index (χ2v) is 7.98. The van der Waals surface area contributed by atoms with E-state index in [0.717, 1.165) is 11.4 Å². The number of allylic oxidation sites excluding steroid dienone is 4. The third-order valence-electron chi connectivity index (χ3n) is 2.81. The summed E-state index contributed by atoms with van der Waals surface area (Å²) in [6, 6.07) is 1.73. The van der Waals surface area contributed by atoms with E-state index in [4.69, 9.17) is 0 Å². The van der Waals surface area contributed by atoms with Crippen molar-refractivity contribution in [3.05, 3.63) is 34.2 Å². The van der Waals surface area contributed by atoms with Gasteiger partial charge in [-0.1, -0.05) is 41.5 Å². The molecule has 0 saturated heterocycles. The van der Waals surface area contributed by atoms with Crippen LogP contribution in [0, 0.1) is 0 Å². The van der Waals surface area contributed by atoms with Crippen molar-refractivity contribution in [1.29, 1.82) is 0 Å². The van der Waals surface area contributed by atoms with Gasteiger partial charge in [-0.25, -0.2) is 9.98 Å². The van der Waals surface area contributed by atoms with Crippen LogP contribution in [0.3, 0.4) is 0 Å². The second kappa shape index (κ2) is 17.8. The van der Waals surface area contributed by atoms with Gasteiger partial charge in [-0.15, -0.1) is 12.1 Å². The molecule has 0 spiro atoms. The van der Waals surface area contributed by atoms with Crippen LogP contribution in [0.4, 0.5) is 0 Å². The fraction of sp³-hybridized carbons (Fsp3) is 0.727. The zero-order chi connectivity index (χ0) is 20.9. The molecule has 152 valence electrons. The van der Waals surface area contributed by atoms with Gasteiger partial charge in [-0.05, 0) is 39.8 Å². The Labute approximate surface area is 199 Å². The first-order valence-corrected chi connectivity index (χ1v) is 9.81. The molecule has 0 amide bonds. The third kappa shape index (κ3) is 25.7. The van der Waals surface area contributed by atoms with Crippen LogP contribution < -0.4 is 9.98 Å². The Morgan fingerprint density at radius 3 is 1.04 bits per heavy atom. The summed E-state index contributed by atoms with van der Waals surface area (Å²) in [5, 5.41) is 8.85. The SMILES string of the molecule is CC(/C=C(/C)[N-]C(C)C)=[NH+]C(C)C.CC(/C=C(/C)[N-]C(C)C)=[NH+]C(C)C.[Ca+2]. The molecule has 0 aliphatic carbocycles. The molecule has 0 aliphatic heterocycles. The van der Waals surface area contributed by atoms with Gasteiger partial charge in [0.05, 0.1) is 0 Å². The summed E-state index contributed by atoms with van der Waals surface area (Å²) in [6.45, 7) is 25.1. The first-order chi connectivity index (χ1) is 11.8. The fourth-order valence-corrected chi connectivity index (χ4v) is 2.51. The fourth-order valence-electron chi connectivity index (χ4n) is 2.51. The Bertz CT molecular complexity index is 452. The van der Waals surface area contributed by atoms with Crippen LogP contribution in [0.2, 0.25) is 0 Å². The monoisotopic (exact) mass is 404 g/mol. The molecule has 5 heteroatoms. The molecular formula is C22H44CaN4+2. The topological polar surface area (TPSA) is 56.1 Å². The molecule has 4 nitrogen and oxygen atoms in total. The minimum Gasteiger partial charge on any atom is -0.686 e. The number of rotatable bonds is 8. The van der Waals surface area contributed by atoms with Crippen molar-refractivity contribution >= 4 is 49.2 Å². The van der Waals surface area contributed by atoms with Gasteiger partial charge in [0.25, 0.3) is 0 Å². The van der Waals surface area contributed by atoms with E-state index < -0.39 is 0 Å². The Morgan fingerprint density at radius 2 is 0.852 bits per heavy atom. The first kappa shape index (κ1) is 31.4. The molecule has 0 saturated carbocycles. The number of hydrogen-bond donors (Lipinski definition) is 2. The van der Waals surface area contributed by atoms with Crippen molar-refractivity contribution in [2.45, 2.75) is 107 Å². The minimum atomic E-state index is 0. The van der Waals surface area contributed by atoms with Crippen LogP contribution in [-0.4, -0.2) is 73.3 Å². The summed E-state index contributed by atoms with van der Waals surface area (Å²) < 4.78 is 0. The summed E-state index contributed by atoms with van der Waals surface area (Å²) >= 11 is 0. The van der Waals surface area contributed by atoms with E-state index in [1.165, 1.54) is 11.4 Å². The summed E-state index contributed by atoms with van der Waals surface area (Å²) in [5.41, 5.74) is 4.52. The van der Waals surface area contributed by atoms with E-state index >= 15 is 0 Å². The predicted octanol–water partition coefficient (Wildman–Crippen LogP) is 2.86. The van der Waals surface area contributed by atoms with Gasteiger partial charge in [0, 0.05) is 13.8 Å². The van der Waals surface area contributed by atoms with Crippen molar-refractivity contribution in [1.82, 2.24) is 0 Å². The first-order valence-electron chi connectivity index (χ1n) is 9.81. The van der Waals surface area contributed by atoms with Crippen LogP contribution >= 0.6 is 0 Å². The minimum absolute atomic E-state index is 0. The maximum atomic E-state index is 4.42. The van der Waals surface area contributed by atoms with Gasteiger partial charge in [0.1, 0.15) is 12.1 Å². The van der Waals surface area contributed by atoms with Gasteiger partial charge < -0.3 is 10.6 Å². The molecule has 0 rings (SSSR count). The molecule has 27 heavy (non-hydrogen) atoms. The Balaban J connectivity index is -0.000000411. The zero-order valence-electron chi connectivity index (χ0n) is 20.1. The molecule has 0 aromatic rings. The molecule has 0 fully saturated rings. The summed E-state index contributed by atoms with van der Waals surface area (Å²) in [7, 11) is 0. The summed E-state index contributed by atoms with van der Waals surface area (Å²) in [4.78, 5) is 6.65. The van der Waals surface area contributed by atoms with E-state index in [1.807, 2.05) is 13.8 Å². The molecule has 0 heterocycles. The maximum Gasteiger partial charge on any atom is 2.00 e. The van der Waals surface area contributed by atoms with Gasteiger partial charge >= 0.3 is 37.7 Å². The maximum absolute atomic E-state index is 4.42. The van der Waals surface area contributed by atoms with E-state index in [-0.39, 0.29) is 37.7 Å². The third-order valence-corrected chi connectivity index (χ3v) is 2.81. The van der Waals surface area contributed by atoms with Crippen LogP contribution in [0.1, 0.15) is 83.1 Å². The summed E-state index contributed by atoms with van der Waals surface area (Å²) in [6.07, 6.45) is 4.17. The summed E-state index contributed by atoms with van der Waals surface area (Å²) in [5.74, 6) is 0. The standard InChI is InChI=1S/2C11H21N2.Ca/c2*1-8(2)12-10(5)7-11(6)13-9(3)4;/h2*7-9H,1-6H3;/q2*-1;+2/p+2/b2*10-7-,13-11?;. The van der Waals surface area contributed by atoms with E-state index in [1.54, 1.807) is 0 Å². The molecule has 0 aromatic heterocycles. The van der Waals surface area contributed by atoms with Gasteiger partial charge in [-0.3, -0.25) is 0 Å². The number of nitrogens with one attached hydrogen (secondary N) is 2. The molecule has 0 unspecified atom stereocenters. The van der Waals surface area contributed by atoms with Crippen molar-refractivity contribution in [3.8, 4) is 0 Å². The van der Waals surface area contributed by atoms with Gasteiger partial charge in [-0.2, -0.15) is 11.4 Å². The predicted molar refractivity (Wildman–Crippen MR) is 124 cm³/mol. The van der Waals surface area contributed by atoms with Crippen molar-refractivity contribution in [2.24, 2.45) is 0 Å². The molecule has 0 aromatic carbocycles. The molecule has 0 atom stereocenters. The van der Waals surface area contributed by atoms with E-state index in [2.05, 4.69) is 102 Å². The largest absolute Gasteiger partial charge is 2.00 e. The van der Waals surface area contributed by atoms with Crippen LogP contribution in [0.5, 0.6) is 0 Å². The Hall–Kier alpha value is -0.320. The van der Waals surface area contributed by atoms with Crippen LogP contribution in [-0.2, 0) is 0 Å². The van der Waals surface area contributed by atoms with Crippen molar-refractivity contribution in [2.75, 3.05) is 0 Å².